The number of rotatable bonds is 30. The summed E-state index contributed by atoms with van der Waals surface area (Å²) in [5.74, 6) is -0.0830. The Balaban J connectivity index is -0.000000212. The second-order valence-electron chi connectivity index (χ2n) is 15.3. The van der Waals surface area contributed by atoms with Crippen LogP contribution >= 0.6 is 0 Å². The van der Waals surface area contributed by atoms with Gasteiger partial charge in [-0.15, -0.1) is 0 Å². The van der Waals surface area contributed by atoms with E-state index in [-0.39, 0.29) is 46.8 Å². The molecule has 0 atom stereocenters. The third kappa shape index (κ3) is 87.7. The molecule has 0 fully saturated rings. The summed E-state index contributed by atoms with van der Waals surface area (Å²) in [6, 6.07) is 0. The van der Waals surface area contributed by atoms with Crippen LogP contribution in [0.4, 0.5) is 0 Å². The average Bonchev–Trinajstić information content (AvgIpc) is 2.96. The number of aliphatic carboxylic acids is 2. The number of carbonyl (C=O) groups is 2. The molecule has 0 aliphatic rings. The van der Waals surface area contributed by atoms with E-state index in [1.807, 2.05) is 0 Å². The van der Waals surface area contributed by atoms with E-state index in [2.05, 4.69) is 27.7 Å². The zero-order chi connectivity index (χ0) is 37.3. The van der Waals surface area contributed by atoms with Gasteiger partial charge in [0.15, 0.2) is 0 Å². The number of aliphatic hydroxyl groups is 2. The van der Waals surface area contributed by atoms with E-state index in [0.717, 1.165) is 37.5 Å². The van der Waals surface area contributed by atoms with Crippen LogP contribution in [0.5, 0.6) is 0 Å². The van der Waals surface area contributed by atoms with Gasteiger partial charge in [-0.2, -0.15) is 0 Å². The Morgan fingerprint density at radius 2 is 0.510 bits per heavy atom. The Morgan fingerprint density at radius 1 is 0.367 bits per heavy atom. The predicted octanol–water partition coefficient (Wildman–Crippen LogP) is 10.5. The Morgan fingerprint density at radius 3 is 0.653 bits per heavy atom. The van der Waals surface area contributed by atoms with Crippen LogP contribution < -0.4 is 10.2 Å². The molecule has 49 heavy (non-hydrogen) atoms. The predicted molar refractivity (Wildman–Crippen MR) is 204 cm³/mol. The minimum atomic E-state index is -0.904. The average molecular weight is 735 g/mol. The van der Waals surface area contributed by atoms with E-state index >= 15 is 0 Å². The molecule has 0 aliphatic carbocycles. The first-order valence-electron chi connectivity index (χ1n) is 20.5. The number of carboxylic acids is 2. The normalized spacial score (nSPS) is 10.6. The van der Waals surface area contributed by atoms with E-state index in [1.165, 1.54) is 141 Å². The van der Waals surface area contributed by atoms with Gasteiger partial charge >= 0.3 is 21.7 Å². The summed E-state index contributed by atoms with van der Waals surface area (Å²) in [5, 5.41) is 36.6. The quantitative estimate of drug-likeness (QED) is 0.0560. The Hall–Kier alpha value is -0.426. The van der Waals surface area contributed by atoms with Crippen LogP contribution in [0, 0.1) is 11.8 Å². The van der Waals surface area contributed by atoms with Gasteiger partial charge in [-0.05, 0) is 65.2 Å². The standard InChI is InChI=1S/2C18H36O2.2C3H8O.Ti/c2*1-17(2)15-13-11-9-7-5-3-4-6-8-10-12-14-16-18(19)20;2*1-3(2)4;/h2*17H,3-16H2,1-2H3,(H,19,20);2*3-4H,1-2H3;/q;;;;+2/p-2. The second-order valence-corrected chi connectivity index (χ2v) is 15.3. The zero-order valence-electron chi connectivity index (χ0n) is 34.1. The molecule has 0 radical (unpaired) electrons. The summed E-state index contributed by atoms with van der Waals surface area (Å²) in [6.45, 7) is 16.1. The van der Waals surface area contributed by atoms with Crippen molar-refractivity contribution in [2.24, 2.45) is 11.8 Å². The van der Waals surface area contributed by atoms with Gasteiger partial charge in [0.1, 0.15) is 0 Å². The van der Waals surface area contributed by atoms with E-state index in [4.69, 9.17) is 10.2 Å². The molecule has 0 aromatic carbocycles. The molecule has 0 bridgehead atoms. The third-order valence-corrected chi connectivity index (χ3v) is 7.82. The van der Waals surface area contributed by atoms with Crippen molar-refractivity contribution < 1.29 is 51.7 Å². The number of hydrogen-bond acceptors (Lipinski definition) is 6. The fraction of sp³-hybridized carbons (Fsp3) is 0.952. The minimum Gasteiger partial charge on any atom is -0.550 e. The van der Waals surface area contributed by atoms with Gasteiger partial charge in [0.25, 0.3) is 0 Å². The monoisotopic (exact) mass is 735 g/mol. The second kappa shape index (κ2) is 49.7. The fourth-order valence-corrected chi connectivity index (χ4v) is 5.18. The fourth-order valence-electron chi connectivity index (χ4n) is 5.18. The van der Waals surface area contributed by atoms with Gasteiger partial charge in [0.05, 0.1) is 0 Å². The van der Waals surface area contributed by atoms with Crippen LogP contribution in [0.2, 0.25) is 0 Å². The maximum absolute atomic E-state index is 10.2. The molecule has 294 valence electrons. The molecule has 7 heteroatoms. The van der Waals surface area contributed by atoms with Gasteiger partial charge in [0, 0.05) is 24.1 Å². The number of carboxylic acid groups (broad SMARTS) is 2. The molecule has 0 heterocycles. The SMILES string of the molecule is CC(C)CCCCCCCCCCCCCCC(=O)[O-].CC(C)CCCCCCCCCCCCCCC(=O)[O-].CC(C)O.CC(C)O.[Ti+2]. The Labute approximate surface area is 321 Å². The Bertz CT molecular complexity index is 552. The number of hydrogen-bond donors (Lipinski definition) is 2. The summed E-state index contributed by atoms with van der Waals surface area (Å²) in [4.78, 5) is 20.4. The first kappa shape index (κ1) is 57.9. The molecule has 0 aliphatic heterocycles. The van der Waals surface area contributed by atoms with Crippen molar-refractivity contribution >= 4 is 11.9 Å². The first-order valence-corrected chi connectivity index (χ1v) is 20.5. The molecule has 2 N–H and O–H groups in total. The van der Waals surface area contributed by atoms with Crippen LogP contribution in [0.15, 0.2) is 0 Å². The molecule has 0 spiro atoms. The van der Waals surface area contributed by atoms with Crippen molar-refractivity contribution in [1.82, 2.24) is 0 Å². The molecule has 0 rings (SSSR count). The topological polar surface area (TPSA) is 121 Å². The van der Waals surface area contributed by atoms with E-state index < -0.39 is 11.9 Å². The van der Waals surface area contributed by atoms with Crippen molar-refractivity contribution in [3.8, 4) is 0 Å². The maximum Gasteiger partial charge on any atom is 2.00 e. The smallest absolute Gasteiger partial charge is 0.550 e. The molecule has 0 unspecified atom stereocenters. The van der Waals surface area contributed by atoms with Crippen LogP contribution in [-0.2, 0) is 31.3 Å². The van der Waals surface area contributed by atoms with Crippen molar-refractivity contribution in [2.45, 2.75) is 247 Å². The minimum absolute atomic E-state index is 0. The van der Waals surface area contributed by atoms with E-state index in [0.29, 0.717) is 0 Å². The zero-order valence-corrected chi connectivity index (χ0v) is 35.7. The van der Waals surface area contributed by atoms with E-state index in [1.54, 1.807) is 27.7 Å². The summed E-state index contributed by atoms with van der Waals surface area (Å²) < 4.78 is 0. The van der Waals surface area contributed by atoms with Crippen LogP contribution in [-0.4, -0.2) is 34.4 Å². The molecule has 0 saturated carbocycles. The largest absolute Gasteiger partial charge is 2.00 e. The van der Waals surface area contributed by atoms with Gasteiger partial charge in [0.2, 0.25) is 0 Å². The van der Waals surface area contributed by atoms with Gasteiger partial charge in [-0.1, -0.05) is 182 Å². The van der Waals surface area contributed by atoms with Crippen LogP contribution in [0.1, 0.15) is 235 Å². The third-order valence-electron chi connectivity index (χ3n) is 7.82. The van der Waals surface area contributed by atoms with Crippen LogP contribution in [0.25, 0.3) is 0 Å². The van der Waals surface area contributed by atoms with Gasteiger partial charge < -0.3 is 30.0 Å². The maximum atomic E-state index is 10.2. The molecule has 0 aromatic rings. The van der Waals surface area contributed by atoms with E-state index in [9.17, 15) is 19.8 Å². The van der Waals surface area contributed by atoms with Crippen molar-refractivity contribution in [1.29, 1.82) is 0 Å². The van der Waals surface area contributed by atoms with Crippen molar-refractivity contribution in [3.63, 3.8) is 0 Å². The molecule has 6 nitrogen and oxygen atoms in total. The summed E-state index contributed by atoms with van der Waals surface area (Å²) >= 11 is 0. The molecule has 0 amide bonds. The van der Waals surface area contributed by atoms with Crippen molar-refractivity contribution in [2.75, 3.05) is 0 Å². The molecular formula is C42H86O6Ti. The number of unbranched alkanes of at least 4 members (excludes halogenated alkanes) is 22. The van der Waals surface area contributed by atoms with Gasteiger partial charge in [-0.25, -0.2) is 0 Å². The molecule has 0 aromatic heterocycles. The number of carbonyl (C=O) groups excluding carboxylic acids is 2. The number of aliphatic hydroxyl groups excluding tert-OH is 2. The van der Waals surface area contributed by atoms with Crippen LogP contribution in [0.3, 0.4) is 0 Å². The summed E-state index contributed by atoms with van der Waals surface area (Å²) in [7, 11) is 0. The molecular weight excluding hydrogens is 648 g/mol. The first-order chi connectivity index (χ1) is 22.7. The van der Waals surface area contributed by atoms with Gasteiger partial charge in [-0.3, -0.25) is 0 Å². The Kier molecular flexibility index (Phi) is 58.7. The molecule has 0 saturated heterocycles. The summed E-state index contributed by atoms with van der Waals surface area (Å²) in [5.41, 5.74) is 0. The summed E-state index contributed by atoms with van der Waals surface area (Å²) in [6.07, 6.45) is 33.6. The van der Waals surface area contributed by atoms with Crippen molar-refractivity contribution in [3.05, 3.63) is 0 Å².